The van der Waals surface area contributed by atoms with Gasteiger partial charge in [-0.15, -0.1) is 0 Å². The third-order valence-corrected chi connectivity index (χ3v) is 5.61. The molecule has 0 saturated carbocycles. The Bertz CT molecular complexity index is 1230. The quantitative estimate of drug-likeness (QED) is 0.429. The summed E-state index contributed by atoms with van der Waals surface area (Å²) in [4.78, 5) is 18.2. The van der Waals surface area contributed by atoms with Crippen molar-refractivity contribution in [1.29, 1.82) is 0 Å². The number of hydrogen-bond acceptors (Lipinski definition) is 3. The van der Waals surface area contributed by atoms with Crippen LogP contribution in [0.2, 0.25) is 0 Å². The molecule has 1 aliphatic heterocycles. The highest BCUT2D eigenvalue weighted by atomic mass is 16.6. The molecule has 0 amide bonds. The van der Waals surface area contributed by atoms with Crippen LogP contribution >= 0.6 is 0 Å². The Labute approximate surface area is 175 Å². The van der Waals surface area contributed by atoms with Crippen molar-refractivity contribution in [2.45, 2.75) is 18.4 Å². The van der Waals surface area contributed by atoms with Gasteiger partial charge in [-0.3, -0.25) is 0 Å². The maximum atomic E-state index is 13.3. The Hall–Kier alpha value is -3.72. The Morgan fingerprint density at radius 3 is 2.17 bits per heavy atom. The Morgan fingerprint density at radius 2 is 1.37 bits per heavy atom. The lowest BCUT2D eigenvalue weighted by Gasteiger charge is -2.23. The lowest BCUT2D eigenvalue weighted by Crippen LogP contribution is -2.39. The molecule has 0 bridgehead atoms. The van der Waals surface area contributed by atoms with Crippen LogP contribution in [0.15, 0.2) is 108 Å². The summed E-state index contributed by atoms with van der Waals surface area (Å²) in [5.41, 5.74) is 1.99. The first-order chi connectivity index (χ1) is 14.7. The van der Waals surface area contributed by atoms with Crippen LogP contribution in [0.4, 0.5) is 0 Å². The van der Waals surface area contributed by atoms with E-state index in [1.165, 1.54) is 0 Å². The molecule has 0 aromatic heterocycles. The van der Waals surface area contributed by atoms with E-state index in [0.29, 0.717) is 18.7 Å². The molecule has 1 heterocycles. The average molecular weight is 391 g/mol. The van der Waals surface area contributed by atoms with E-state index in [2.05, 4.69) is 24.3 Å². The van der Waals surface area contributed by atoms with E-state index < -0.39 is 5.54 Å². The maximum Gasteiger partial charge on any atom is 0.341 e. The minimum absolute atomic E-state index is 0.293. The summed E-state index contributed by atoms with van der Waals surface area (Å²) in [6, 6.07) is 34.1. The van der Waals surface area contributed by atoms with Gasteiger partial charge in [0, 0.05) is 18.4 Å². The second kappa shape index (κ2) is 7.60. The zero-order chi connectivity index (χ0) is 20.4. The molecule has 0 aliphatic carbocycles. The standard InChI is InChI=1S/C27H21NO2/c29-26-27(18-20-10-3-1-4-11-20,28-25(30-26)22-13-5-2-6-14-22)19-23-16-9-15-21-12-7-8-17-24(21)23/h1-17H,18-19H2/t27-/m0/s1. The van der Waals surface area contributed by atoms with Crippen molar-refractivity contribution < 1.29 is 9.53 Å². The third-order valence-electron chi connectivity index (χ3n) is 5.61. The van der Waals surface area contributed by atoms with Crippen molar-refractivity contribution in [2.24, 2.45) is 4.99 Å². The van der Waals surface area contributed by atoms with Crippen LogP contribution in [-0.2, 0) is 22.4 Å². The fourth-order valence-electron chi connectivity index (χ4n) is 4.13. The molecule has 5 rings (SSSR count). The minimum atomic E-state index is -0.989. The second-order valence-corrected chi connectivity index (χ2v) is 7.68. The molecule has 0 fully saturated rings. The van der Waals surface area contributed by atoms with Gasteiger partial charge in [-0.2, -0.15) is 0 Å². The molecule has 1 atom stereocenters. The molecule has 0 N–H and O–H groups in total. The van der Waals surface area contributed by atoms with E-state index in [1.54, 1.807) is 0 Å². The highest BCUT2D eigenvalue weighted by Gasteiger charge is 2.46. The molecule has 0 saturated heterocycles. The van der Waals surface area contributed by atoms with Gasteiger partial charge in [0.2, 0.25) is 5.90 Å². The largest absolute Gasteiger partial charge is 0.405 e. The van der Waals surface area contributed by atoms with Crippen LogP contribution in [0.3, 0.4) is 0 Å². The number of hydrogen-bond donors (Lipinski definition) is 0. The van der Waals surface area contributed by atoms with Gasteiger partial charge in [0.05, 0.1) is 0 Å². The highest BCUT2D eigenvalue weighted by molar-refractivity contribution is 6.08. The fraction of sp³-hybridized carbons (Fsp3) is 0.111. The summed E-state index contributed by atoms with van der Waals surface area (Å²) in [5.74, 6) is 0.106. The first-order valence-corrected chi connectivity index (χ1v) is 10.1. The SMILES string of the molecule is O=C1OC(c2ccccc2)=N[C@@]1(Cc1ccccc1)Cc1cccc2ccccc12. The summed E-state index contributed by atoms with van der Waals surface area (Å²) in [6.45, 7) is 0. The summed E-state index contributed by atoms with van der Waals surface area (Å²) in [5, 5.41) is 2.30. The topological polar surface area (TPSA) is 38.7 Å². The lowest BCUT2D eigenvalue weighted by molar-refractivity contribution is -0.139. The summed E-state index contributed by atoms with van der Waals surface area (Å²) in [7, 11) is 0. The third kappa shape index (κ3) is 3.39. The van der Waals surface area contributed by atoms with Gasteiger partial charge >= 0.3 is 5.97 Å². The van der Waals surface area contributed by atoms with Gasteiger partial charge in [-0.05, 0) is 34.0 Å². The minimum Gasteiger partial charge on any atom is -0.405 e. The van der Waals surface area contributed by atoms with Gasteiger partial charge in [0.15, 0.2) is 5.54 Å². The van der Waals surface area contributed by atoms with Crippen LogP contribution in [-0.4, -0.2) is 17.4 Å². The second-order valence-electron chi connectivity index (χ2n) is 7.68. The van der Waals surface area contributed by atoms with Crippen molar-refractivity contribution in [3.05, 3.63) is 120 Å². The molecule has 3 heteroatoms. The van der Waals surface area contributed by atoms with Gasteiger partial charge < -0.3 is 4.74 Å². The predicted molar refractivity (Wildman–Crippen MR) is 120 cm³/mol. The van der Waals surface area contributed by atoms with E-state index in [4.69, 9.17) is 9.73 Å². The zero-order valence-electron chi connectivity index (χ0n) is 16.5. The number of carbonyl (C=O) groups excluding carboxylic acids is 1. The van der Waals surface area contributed by atoms with E-state index in [0.717, 1.165) is 27.5 Å². The number of ether oxygens (including phenoxy) is 1. The molecule has 0 radical (unpaired) electrons. The molecule has 0 unspecified atom stereocenters. The Kier molecular flexibility index (Phi) is 4.64. The van der Waals surface area contributed by atoms with Crippen LogP contribution in [0.5, 0.6) is 0 Å². The molecular formula is C27H21NO2. The summed E-state index contributed by atoms with van der Waals surface area (Å²) < 4.78 is 5.73. The van der Waals surface area contributed by atoms with E-state index in [9.17, 15) is 4.79 Å². The molecule has 4 aromatic carbocycles. The Morgan fingerprint density at radius 1 is 0.700 bits per heavy atom. The van der Waals surface area contributed by atoms with Crippen LogP contribution < -0.4 is 0 Å². The first kappa shape index (κ1) is 18.3. The van der Waals surface area contributed by atoms with Crippen molar-refractivity contribution >= 4 is 22.6 Å². The van der Waals surface area contributed by atoms with E-state index in [1.807, 2.05) is 78.9 Å². The molecule has 30 heavy (non-hydrogen) atoms. The zero-order valence-corrected chi connectivity index (χ0v) is 16.5. The number of carbonyl (C=O) groups is 1. The van der Waals surface area contributed by atoms with Gasteiger partial charge in [0.25, 0.3) is 0 Å². The molecule has 146 valence electrons. The van der Waals surface area contributed by atoms with Gasteiger partial charge in [0.1, 0.15) is 0 Å². The summed E-state index contributed by atoms with van der Waals surface area (Å²) >= 11 is 0. The molecular weight excluding hydrogens is 370 g/mol. The predicted octanol–water partition coefficient (Wildman–Crippen LogP) is 5.37. The molecule has 1 aliphatic rings. The summed E-state index contributed by atoms with van der Waals surface area (Å²) in [6.07, 6.45) is 0.977. The van der Waals surface area contributed by atoms with E-state index in [-0.39, 0.29) is 5.97 Å². The van der Waals surface area contributed by atoms with Crippen molar-refractivity contribution in [2.75, 3.05) is 0 Å². The number of rotatable bonds is 5. The molecule has 3 nitrogen and oxygen atoms in total. The average Bonchev–Trinajstić information content (AvgIpc) is 3.11. The van der Waals surface area contributed by atoms with E-state index >= 15 is 0 Å². The smallest absolute Gasteiger partial charge is 0.341 e. The first-order valence-electron chi connectivity index (χ1n) is 10.1. The number of aliphatic imine (C=N–C) groups is 1. The number of fused-ring (bicyclic) bond motifs is 1. The number of esters is 1. The van der Waals surface area contributed by atoms with Crippen molar-refractivity contribution in [3.8, 4) is 0 Å². The number of cyclic esters (lactones) is 1. The van der Waals surface area contributed by atoms with Crippen molar-refractivity contribution in [3.63, 3.8) is 0 Å². The fourth-order valence-corrected chi connectivity index (χ4v) is 4.13. The highest BCUT2D eigenvalue weighted by Crippen LogP contribution is 2.33. The van der Waals surface area contributed by atoms with Gasteiger partial charge in [-0.1, -0.05) is 91.0 Å². The maximum absolute atomic E-state index is 13.3. The lowest BCUT2D eigenvalue weighted by atomic mass is 9.84. The number of nitrogens with zero attached hydrogens (tertiary/aromatic N) is 1. The molecule has 0 spiro atoms. The molecule has 4 aromatic rings. The van der Waals surface area contributed by atoms with Crippen LogP contribution in [0.1, 0.15) is 16.7 Å². The van der Waals surface area contributed by atoms with Crippen molar-refractivity contribution in [1.82, 2.24) is 0 Å². The van der Waals surface area contributed by atoms with Crippen LogP contribution in [0.25, 0.3) is 10.8 Å². The Balaban J connectivity index is 1.62. The monoisotopic (exact) mass is 391 g/mol. The number of benzene rings is 4. The van der Waals surface area contributed by atoms with Gasteiger partial charge in [-0.25, -0.2) is 9.79 Å². The normalized spacial score (nSPS) is 18.3. The van der Waals surface area contributed by atoms with Crippen LogP contribution in [0, 0.1) is 0 Å².